The lowest BCUT2D eigenvalue weighted by atomic mass is 10.0. The second kappa shape index (κ2) is 9.03. The van der Waals surface area contributed by atoms with Crippen molar-refractivity contribution in [3.05, 3.63) is 53.2 Å². The molecule has 7 nitrogen and oxygen atoms in total. The Hall–Kier alpha value is -2.83. The number of alkyl carbamates (subject to hydrolysis) is 1. The van der Waals surface area contributed by atoms with Crippen LogP contribution in [0.4, 0.5) is 4.79 Å². The summed E-state index contributed by atoms with van der Waals surface area (Å²) in [5.41, 5.74) is 0.999. The summed E-state index contributed by atoms with van der Waals surface area (Å²) >= 11 is 0. The van der Waals surface area contributed by atoms with E-state index in [1.54, 1.807) is 6.92 Å². The van der Waals surface area contributed by atoms with Gasteiger partial charge in [0.15, 0.2) is 5.69 Å². The van der Waals surface area contributed by atoms with Crippen LogP contribution >= 0.6 is 0 Å². The van der Waals surface area contributed by atoms with Crippen molar-refractivity contribution in [1.29, 1.82) is 0 Å². The van der Waals surface area contributed by atoms with Gasteiger partial charge in [-0.1, -0.05) is 44.2 Å². The normalized spacial score (nSPS) is 11.9. The third-order valence-electron chi connectivity index (χ3n) is 3.70. The summed E-state index contributed by atoms with van der Waals surface area (Å²) in [4.78, 5) is 28.1. The standard InChI is InChI=1S/C19H24N2O5/c1-12(2)10-15(17-21-16(13(3)26-17)18(22)24-4)20-19(23)25-11-14-8-6-5-7-9-14/h5-9,12,15H,10-11H2,1-4H3,(H,20,23)/t15-/m0/s1. The van der Waals surface area contributed by atoms with Crippen LogP contribution in [0.2, 0.25) is 0 Å². The van der Waals surface area contributed by atoms with E-state index < -0.39 is 18.1 Å². The van der Waals surface area contributed by atoms with E-state index >= 15 is 0 Å². The first-order valence-corrected chi connectivity index (χ1v) is 8.43. The van der Waals surface area contributed by atoms with Crippen molar-refractivity contribution in [3.63, 3.8) is 0 Å². The van der Waals surface area contributed by atoms with Gasteiger partial charge in [-0.3, -0.25) is 0 Å². The number of aryl methyl sites for hydroxylation is 1. The minimum atomic E-state index is -0.576. The van der Waals surface area contributed by atoms with Gasteiger partial charge in [-0.25, -0.2) is 14.6 Å². The maximum atomic E-state index is 12.2. The van der Waals surface area contributed by atoms with Crippen LogP contribution in [0.5, 0.6) is 0 Å². The lowest BCUT2D eigenvalue weighted by molar-refractivity contribution is 0.0592. The van der Waals surface area contributed by atoms with Crippen molar-refractivity contribution in [3.8, 4) is 0 Å². The first-order chi connectivity index (χ1) is 12.4. The Balaban J connectivity index is 2.07. The maximum absolute atomic E-state index is 12.2. The number of hydrogen-bond donors (Lipinski definition) is 1. The molecule has 0 aliphatic heterocycles. The third-order valence-corrected chi connectivity index (χ3v) is 3.70. The minimum Gasteiger partial charge on any atom is -0.464 e. The molecule has 0 fully saturated rings. The summed E-state index contributed by atoms with van der Waals surface area (Å²) in [5.74, 6) is 0.295. The van der Waals surface area contributed by atoms with E-state index in [1.807, 2.05) is 44.2 Å². The van der Waals surface area contributed by atoms with Crippen LogP contribution in [0.25, 0.3) is 0 Å². The summed E-state index contributed by atoms with van der Waals surface area (Å²) in [6.07, 6.45) is 0.0102. The summed E-state index contributed by atoms with van der Waals surface area (Å²) < 4.78 is 15.5. The van der Waals surface area contributed by atoms with Gasteiger partial charge in [0, 0.05) is 0 Å². The predicted molar refractivity (Wildman–Crippen MR) is 94.5 cm³/mol. The van der Waals surface area contributed by atoms with Gasteiger partial charge in [-0.15, -0.1) is 0 Å². The fourth-order valence-corrected chi connectivity index (χ4v) is 2.45. The zero-order valence-electron chi connectivity index (χ0n) is 15.4. The Labute approximate surface area is 152 Å². The Bertz CT molecular complexity index is 740. The number of esters is 1. The Morgan fingerprint density at radius 1 is 1.23 bits per heavy atom. The average Bonchev–Trinajstić information content (AvgIpc) is 3.01. The van der Waals surface area contributed by atoms with E-state index in [0.717, 1.165) is 5.56 Å². The number of carbonyl (C=O) groups excluding carboxylic acids is 2. The summed E-state index contributed by atoms with van der Waals surface area (Å²) in [6.45, 7) is 5.82. The van der Waals surface area contributed by atoms with Gasteiger partial charge in [0.1, 0.15) is 18.4 Å². The van der Waals surface area contributed by atoms with Gasteiger partial charge >= 0.3 is 12.1 Å². The highest BCUT2D eigenvalue weighted by molar-refractivity contribution is 5.88. The molecule has 2 aromatic rings. The average molecular weight is 360 g/mol. The highest BCUT2D eigenvalue weighted by Crippen LogP contribution is 2.23. The fraction of sp³-hybridized carbons (Fsp3) is 0.421. The molecule has 1 N–H and O–H groups in total. The van der Waals surface area contributed by atoms with Gasteiger partial charge in [-0.2, -0.15) is 0 Å². The largest absolute Gasteiger partial charge is 0.464 e. The van der Waals surface area contributed by atoms with E-state index in [4.69, 9.17) is 9.15 Å². The van der Waals surface area contributed by atoms with Crippen molar-refractivity contribution >= 4 is 12.1 Å². The van der Waals surface area contributed by atoms with Crippen LogP contribution in [0.3, 0.4) is 0 Å². The van der Waals surface area contributed by atoms with Crippen LogP contribution in [-0.2, 0) is 16.1 Å². The van der Waals surface area contributed by atoms with Gasteiger partial charge in [0.25, 0.3) is 0 Å². The number of carbonyl (C=O) groups is 2. The number of nitrogens with zero attached hydrogens (tertiary/aromatic N) is 1. The smallest absolute Gasteiger partial charge is 0.408 e. The Morgan fingerprint density at radius 2 is 1.92 bits per heavy atom. The minimum absolute atomic E-state index is 0.107. The zero-order chi connectivity index (χ0) is 19.1. The second-order valence-corrected chi connectivity index (χ2v) is 6.34. The molecule has 0 bridgehead atoms. The molecule has 0 unspecified atom stereocenters. The van der Waals surface area contributed by atoms with Crippen LogP contribution < -0.4 is 5.32 Å². The third kappa shape index (κ3) is 5.34. The number of methoxy groups -OCH3 is 1. The lowest BCUT2D eigenvalue weighted by Gasteiger charge is -2.17. The van der Waals surface area contributed by atoms with Crippen molar-refractivity contribution in [2.24, 2.45) is 5.92 Å². The Morgan fingerprint density at radius 3 is 2.54 bits per heavy atom. The van der Waals surface area contributed by atoms with Gasteiger partial charge in [0.2, 0.25) is 5.89 Å². The molecule has 26 heavy (non-hydrogen) atoms. The van der Waals surface area contributed by atoms with E-state index in [2.05, 4.69) is 15.0 Å². The van der Waals surface area contributed by atoms with Crippen molar-refractivity contribution in [1.82, 2.24) is 10.3 Å². The number of rotatable bonds is 7. The first kappa shape index (κ1) is 19.5. The van der Waals surface area contributed by atoms with Crippen molar-refractivity contribution < 1.29 is 23.5 Å². The van der Waals surface area contributed by atoms with Crippen LogP contribution in [0.1, 0.15) is 54.0 Å². The molecular formula is C19H24N2O5. The molecule has 1 amide bonds. The van der Waals surface area contributed by atoms with Crippen LogP contribution in [0, 0.1) is 12.8 Å². The van der Waals surface area contributed by atoms with Gasteiger partial charge in [0.05, 0.1) is 7.11 Å². The molecule has 0 saturated carbocycles. The molecule has 1 atom stereocenters. The monoisotopic (exact) mass is 360 g/mol. The molecule has 0 spiro atoms. The molecule has 0 aliphatic carbocycles. The molecule has 0 radical (unpaired) electrons. The summed E-state index contributed by atoms with van der Waals surface area (Å²) in [5, 5.41) is 2.76. The quantitative estimate of drug-likeness (QED) is 0.756. The fourth-order valence-electron chi connectivity index (χ4n) is 2.45. The number of oxazole rings is 1. The molecule has 0 aliphatic rings. The SMILES string of the molecule is COC(=O)c1nc([C@H](CC(C)C)NC(=O)OCc2ccccc2)oc1C. The van der Waals surface area contributed by atoms with Crippen LogP contribution in [-0.4, -0.2) is 24.2 Å². The van der Waals surface area contributed by atoms with Gasteiger partial charge < -0.3 is 19.2 Å². The lowest BCUT2D eigenvalue weighted by Crippen LogP contribution is -2.30. The zero-order valence-corrected chi connectivity index (χ0v) is 15.4. The number of ether oxygens (including phenoxy) is 2. The van der Waals surface area contributed by atoms with E-state index in [1.165, 1.54) is 7.11 Å². The van der Waals surface area contributed by atoms with Crippen molar-refractivity contribution in [2.75, 3.05) is 7.11 Å². The maximum Gasteiger partial charge on any atom is 0.408 e. The Kier molecular flexibility index (Phi) is 6.77. The molecule has 0 saturated heterocycles. The number of hydrogen-bond acceptors (Lipinski definition) is 6. The van der Waals surface area contributed by atoms with Crippen molar-refractivity contribution in [2.45, 2.75) is 39.8 Å². The van der Waals surface area contributed by atoms with Crippen LogP contribution in [0.15, 0.2) is 34.7 Å². The second-order valence-electron chi connectivity index (χ2n) is 6.34. The molecule has 1 aromatic carbocycles. The van der Waals surface area contributed by atoms with E-state index in [0.29, 0.717) is 12.2 Å². The summed E-state index contributed by atoms with van der Waals surface area (Å²) in [7, 11) is 1.28. The highest BCUT2D eigenvalue weighted by atomic mass is 16.5. The number of benzene rings is 1. The molecule has 1 aromatic heterocycles. The molecule has 2 rings (SSSR count). The number of aromatic nitrogens is 1. The highest BCUT2D eigenvalue weighted by Gasteiger charge is 2.26. The number of amides is 1. The topological polar surface area (TPSA) is 90.7 Å². The number of nitrogens with one attached hydrogen (secondary N) is 1. The molecular weight excluding hydrogens is 336 g/mol. The molecule has 1 heterocycles. The molecule has 7 heteroatoms. The molecule has 140 valence electrons. The van der Waals surface area contributed by atoms with E-state index in [-0.39, 0.29) is 24.1 Å². The van der Waals surface area contributed by atoms with Gasteiger partial charge in [-0.05, 0) is 24.8 Å². The van der Waals surface area contributed by atoms with E-state index in [9.17, 15) is 9.59 Å². The predicted octanol–water partition coefficient (Wildman–Crippen LogP) is 3.78. The first-order valence-electron chi connectivity index (χ1n) is 8.43. The summed E-state index contributed by atoms with van der Waals surface area (Å²) in [6, 6.07) is 8.89.